The number of hydrogen-bond donors (Lipinski definition) is 0. The van der Waals surface area contributed by atoms with Crippen molar-refractivity contribution in [3.05, 3.63) is 65.3 Å². The van der Waals surface area contributed by atoms with E-state index >= 15 is 0 Å². The molecule has 3 aromatic rings. The molecular formula is C21H23NS2. The highest BCUT2D eigenvalue weighted by molar-refractivity contribution is 8.01. The molecule has 0 fully saturated rings. The van der Waals surface area contributed by atoms with Crippen LogP contribution in [0.5, 0.6) is 0 Å². The maximum Gasteiger partial charge on any atom is 0.0934 e. The lowest BCUT2D eigenvalue weighted by atomic mass is 9.85. The maximum absolute atomic E-state index is 4.48. The Labute approximate surface area is 153 Å². The molecule has 2 aromatic carbocycles. The van der Waals surface area contributed by atoms with Crippen LogP contribution in [0.2, 0.25) is 0 Å². The highest BCUT2D eigenvalue weighted by Crippen LogP contribution is 2.37. The minimum atomic E-state index is 0.127. The SMILES string of the molecule is CCc1ncc(Sc2cc(-c3ccccc3)cc(C(C)(C)C)c2)s1. The molecule has 0 saturated carbocycles. The molecule has 0 unspecified atom stereocenters. The molecule has 124 valence electrons. The molecule has 1 aromatic heterocycles. The molecule has 0 bridgehead atoms. The van der Waals surface area contributed by atoms with Crippen LogP contribution < -0.4 is 0 Å². The highest BCUT2D eigenvalue weighted by atomic mass is 32.2. The second-order valence-electron chi connectivity index (χ2n) is 6.89. The number of hydrogen-bond acceptors (Lipinski definition) is 3. The van der Waals surface area contributed by atoms with Gasteiger partial charge in [0.25, 0.3) is 0 Å². The van der Waals surface area contributed by atoms with E-state index in [1.165, 1.54) is 30.8 Å². The molecule has 24 heavy (non-hydrogen) atoms. The number of rotatable bonds is 4. The molecule has 0 aliphatic rings. The van der Waals surface area contributed by atoms with Crippen molar-refractivity contribution in [2.75, 3.05) is 0 Å². The lowest BCUT2D eigenvalue weighted by Gasteiger charge is -2.21. The molecule has 3 rings (SSSR count). The van der Waals surface area contributed by atoms with Gasteiger partial charge in [0.2, 0.25) is 0 Å². The predicted molar refractivity (Wildman–Crippen MR) is 106 cm³/mol. The van der Waals surface area contributed by atoms with Crippen molar-refractivity contribution in [1.29, 1.82) is 0 Å². The van der Waals surface area contributed by atoms with Crippen molar-refractivity contribution in [2.45, 2.75) is 48.6 Å². The van der Waals surface area contributed by atoms with Gasteiger partial charge in [0.15, 0.2) is 0 Å². The van der Waals surface area contributed by atoms with Gasteiger partial charge in [-0.25, -0.2) is 4.98 Å². The fourth-order valence-corrected chi connectivity index (χ4v) is 4.55. The summed E-state index contributed by atoms with van der Waals surface area (Å²) in [5.41, 5.74) is 4.05. The summed E-state index contributed by atoms with van der Waals surface area (Å²) >= 11 is 3.61. The molecule has 0 atom stereocenters. The average molecular weight is 354 g/mol. The van der Waals surface area contributed by atoms with E-state index in [4.69, 9.17) is 0 Å². The summed E-state index contributed by atoms with van der Waals surface area (Å²) in [6.07, 6.45) is 3.00. The molecule has 0 aliphatic heterocycles. The van der Waals surface area contributed by atoms with Crippen molar-refractivity contribution in [1.82, 2.24) is 4.98 Å². The Morgan fingerprint density at radius 1 is 1.00 bits per heavy atom. The lowest BCUT2D eigenvalue weighted by Crippen LogP contribution is -2.11. The summed E-state index contributed by atoms with van der Waals surface area (Å²) in [6.45, 7) is 8.97. The fraction of sp³-hybridized carbons (Fsp3) is 0.286. The third-order valence-corrected chi connectivity index (χ3v) is 6.15. The van der Waals surface area contributed by atoms with Gasteiger partial charge in [-0.2, -0.15) is 0 Å². The number of aromatic nitrogens is 1. The Bertz CT molecular complexity index is 813. The monoisotopic (exact) mass is 353 g/mol. The molecule has 1 nitrogen and oxygen atoms in total. The second-order valence-corrected chi connectivity index (χ2v) is 9.38. The molecule has 0 spiro atoms. The summed E-state index contributed by atoms with van der Waals surface area (Å²) < 4.78 is 1.26. The van der Waals surface area contributed by atoms with E-state index in [2.05, 4.69) is 81.2 Å². The highest BCUT2D eigenvalue weighted by Gasteiger charge is 2.16. The average Bonchev–Trinajstić information content (AvgIpc) is 3.02. The van der Waals surface area contributed by atoms with Gasteiger partial charge < -0.3 is 0 Å². The Morgan fingerprint density at radius 3 is 2.38 bits per heavy atom. The summed E-state index contributed by atoms with van der Waals surface area (Å²) in [6, 6.07) is 17.6. The van der Waals surface area contributed by atoms with Gasteiger partial charge in [-0.05, 0) is 40.7 Å². The zero-order chi connectivity index (χ0) is 17.2. The first-order chi connectivity index (χ1) is 11.5. The van der Waals surface area contributed by atoms with Crippen molar-refractivity contribution < 1.29 is 0 Å². The lowest BCUT2D eigenvalue weighted by molar-refractivity contribution is 0.589. The van der Waals surface area contributed by atoms with Crippen LogP contribution in [-0.2, 0) is 11.8 Å². The van der Waals surface area contributed by atoms with Crippen LogP contribution in [0.15, 0.2) is 63.8 Å². The number of aryl methyl sites for hydroxylation is 1. The largest absolute Gasteiger partial charge is 0.248 e. The summed E-state index contributed by atoms with van der Waals surface area (Å²) in [5, 5.41) is 1.20. The van der Waals surface area contributed by atoms with Gasteiger partial charge in [0.1, 0.15) is 0 Å². The van der Waals surface area contributed by atoms with Gasteiger partial charge in [0.05, 0.1) is 15.4 Å². The predicted octanol–water partition coefficient (Wildman–Crippen LogP) is 6.82. The summed E-state index contributed by atoms with van der Waals surface area (Å²) in [5.74, 6) is 0. The van der Waals surface area contributed by atoms with E-state index in [9.17, 15) is 0 Å². The Balaban J connectivity index is 2.01. The Hall–Kier alpha value is -1.58. The van der Waals surface area contributed by atoms with Crippen LogP contribution in [0, 0.1) is 0 Å². The van der Waals surface area contributed by atoms with E-state index < -0.39 is 0 Å². The maximum atomic E-state index is 4.48. The normalized spacial score (nSPS) is 11.7. The first-order valence-corrected chi connectivity index (χ1v) is 9.92. The van der Waals surface area contributed by atoms with E-state index in [0.717, 1.165) is 6.42 Å². The minimum Gasteiger partial charge on any atom is -0.248 e. The number of benzene rings is 2. The van der Waals surface area contributed by atoms with Crippen molar-refractivity contribution >= 4 is 23.1 Å². The number of nitrogens with zero attached hydrogens (tertiary/aromatic N) is 1. The molecular weight excluding hydrogens is 330 g/mol. The molecule has 0 amide bonds. The van der Waals surface area contributed by atoms with Crippen LogP contribution in [0.1, 0.15) is 38.3 Å². The molecule has 0 radical (unpaired) electrons. The van der Waals surface area contributed by atoms with Gasteiger partial charge in [-0.15, -0.1) is 11.3 Å². The number of thiazole rings is 1. The van der Waals surface area contributed by atoms with E-state index in [0.29, 0.717) is 0 Å². The third-order valence-electron chi connectivity index (χ3n) is 3.93. The Kier molecular flexibility index (Phi) is 5.12. The first kappa shape index (κ1) is 17.2. The topological polar surface area (TPSA) is 12.9 Å². The van der Waals surface area contributed by atoms with Gasteiger partial charge in [-0.3, -0.25) is 0 Å². The van der Waals surface area contributed by atoms with E-state index in [1.807, 2.05) is 18.0 Å². The fourth-order valence-electron chi connectivity index (χ4n) is 2.51. The van der Waals surface area contributed by atoms with Gasteiger partial charge in [-0.1, -0.05) is 75.9 Å². The van der Waals surface area contributed by atoms with Crippen LogP contribution in [-0.4, -0.2) is 4.98 Å². The summed E-state index contributed by atoms with van der Waals surface area (Å²) in [7, 11) is 0. The summed E-state index contributed by atoms with van der Waals surface area (Å²) in [4.78, 5) is 5.77. The van der Waals surface area contributed by atoms with E-state index in [1.54, 1.807) is 11.3 Å². The zero-order valence-corrected chi connectivity index (χ0v) is 16.3. The first-order valence-electron chi connectivity index (χ1n) is 8.29. The van der Waals surface area contributed by atoms with Crippen LogP contribution in [0.4, 0.5) is 0 Å². The second kappa shape index (κ2) is 7.12. The third kappa shape index (κ3) is 4.08. The van der Waals surface area contributed by atoms with Gasteiger partial charge >= 0.3 is 0 Å². The zero-order valence-electron chi connectivity index (χ0n) is 14.7. The van der Waals surface area contributed by atoms with Crippen LogP contribution in [0.25, 0.3) is 11.1 Å². The van der Waals surface area contributed by atoms with E-state index in [-0.39, 0.29) is 5.41 Å². The standard InChI is InChI=1S/C21H23NS2/c1-5-19-22-14-20(24-19)23-18-12-16(15-9-7-6-8-10-15)11-17(13-18)21(2,3)4/h6-14H,5H2,1-4H3. The minimum absolute atomic E-state index is 0.127. The molecule has 3 heteroatoms. The van der Waals surface area contributed by atoms with Crippen LogP contribution >= 0.6 is 23.1 Å². The smallest absolute Gasteiger partial charge is 0.0934 e. The molecule has 0 N–H and O–H groups in total. The quantitative estimate of drug-likeness (QED) is 0.510. The van der Waals surface area contributed by atoms with Crippen LogP contribution in [0.3, 0.4) is 0 Å². The van der Waals surface area contributed by atoms with Crippen molar-refractivity contribution in [3.63, 3.8) is 0 Å². The van der Waals surface area contributed by atoms with Gasteiger partial charge in [0, 0.05) is 4.90 Å². The van der Waals surface area contributed by atoms with Crippen molar-refractivity contribution in [3.8, 4) is 11.1 Å². The molecule has 1 heterocycles. The van der Waals surface area contributed by atoms with Crippen molar-refractivity contribution in [2.24, 2.45) is 0 Å². The molecule has 0 saturated heterocycles. The molecule has 0 aliphatic carbocycles. The Morgan fingerprint density at radius 2 is 1.75 bits per heavy atom.